The molecule has 0 heterocycles. The zero-order chi connectivity index (χ0) is 19.5. The van der Waals surface area contributed by atoms with Gasteiger partial charge < -0.3 is 0 Å². The number of aryl methyl sites for hydroxylation is 1. The summed E-state index contributed by atoms with van der Waals surface area (Å²) in [6.07, 6.45) is 23.4. The minimum Gasteiger partial charge on any atom is -0.0654 e. The first-order valence-electron chi connectivity index (χ1n) is 12.8. The molecule has 4 aliphatic carbocycles. The zero-order valence-electron chi connectivity index (χ0n) is 18.8. The van der Waals surface area contributed by atoms with Gasteiger partial charge in [0, 0.05) is 0 Å². The van der Waals surface area contributed by atoms with Crippen LogP contribution in [0.4, 0.5) is 0 Å². The van der Waals surface area contributed by atoms with Crippen molar-refractivity contribution in [3.05, 3.63) is 35.4 Å². The van der Waals surface area contributed by atoms with Gasteiger partial charge in [-0.15, -0.1) is 0 Å². The molecule has 0 amide bonds. The molecule has 28 heavy (non-hydrogen) atoms. The summed E-state index contributed by atoms with van der Waals surface area (Å²) in [4.78, 5) is 0. The molecule has 0 atom stereocenters. The molecular formula is C28H44. The van der Waals surface area contributed by atoms with Crippen LogP contribution in [0.3, 0.4) is 0 Å². The average Bonchev–Trinajstić information content (AvgIpc) is 2.78. The first-order chi connectivity index (χ1) is 13.7. The molecule has 0 aromatic heterocycles. The fourth-order valence-electron chi connectivity index (χ4n) is 7.22. The van der Waals surface area contributed by atoms with Gasteiger partial charge in [0.15, 0.2) is 0 Å². The van der Waals surface area contributed by atoms with Gasteiger partial charge in [-0.05, 0) is 98.0 Å². The molecule has 4 aliphatic rings. The third kappa shape index (κ3) is 4.08. The van der Waals surface area contributed by atoms with E-state index in [4.69, 9.17) is 0 Å². The van der Waals surface area contributed by atoms with Crippen molar-refractivity contribution < 1.29 is 0 Å². The Kier molecular flexibility index (Phi) is 6.53. The summed E-state index contributed by atoms with van der Waals surface area (Å²) in [5.41, 5.74) is 4.48. The average molecular weight is 381 g/mol. The van der Waals surface area contributed by atoms with E-state index in [1.807, 2.05) is 0 Å². The second-order valence-corrected chi connectivity index (χ2v) is 10.8. The Morgan fingerprint density at radius 3 is 1.93 bits per heavy atom. The van der Waals surface area contributed by atoms with E-state index in [1.54, 1.807) is 24.0 Å². The normalized spacial score (nSPS) is 35.2. The van der Waals surface area contributed by atoms with Crippen molar-refractivity contribution in [3.63, 3.8) is 0 Å². The first-order valence-corrected chi connectivity index (χ1v) is 12.8. The van der Waals surface area contributed by atoms with E-state index in [-0.39, 0.29) is 0 Å². The third-order valence-corrected chi connectivity index (χ3v) is 9.37. The van der Waals surface area contributed by atoms with Crippen molar-refractivity contribution in [1.29, 1.82) is 0 Å². The smallest absolute Gasteiger partial charge is 0.00463 e. The summed E-state index contributed by atoms with van der Waals surface area (Å²) in [5, 5.41) is 0. The lowest BCUT2D eigenvalue weighted by Crippen LogP contribution is -2.48. The number of benzene rings is 1. The Morgan fingerprint density at radius 2 is 1.36 bits per heavy atom. The van der Waals surface area contributed by atoms with Crippen LogP contribution in [0.15, 0.2) is 24.3 Å². The van der Waals surface area contributed by atoms with Crippen LogP contribution in [0.25, 0.3) is 0 Å². The maximum atomic E-state index is 2.50. The molecule has 0 spiro atoms. The van der Waals surface area contributed by atoms with E-state index in [9.17, 15) is 0 Å². The van der Waals surface area contributed by atoms with Crippen LogP contribution in [0, 0.1) is 17.3 Å². The first kappa shape index (κ1) is 20.5. The van der Waals surface area contributed by atoms with Gasteiger partial charge in [-0.2, -0.15) is 0 Å². The highest BCUT2D eigenvalue weighted by atomic mass is 14.6. The van der Waals surface area contributed by atoms with Crippen LogP contribution in [-0.2, 0) is 11.8 Å². The van der Waals surface area contributed by atoms with Crippen LogP contribution in [0.2, 0.25) is 0 Å². The van der Waals surface area contributed by atoms with Crippen molar-refractivity contribution >= 4 is 0 Å². The van der Waals surface area contributed by atoms with E-state index in [0.29, 0.717) is 5.41 Å². The molecule has 2 bridgehead atoms. The van der Waals surface area contributed by atoms with Crippen molar-refractivity contribution in [2.75, 3.05) is 0 Å². The molecule has 0 N–H and O–H groups in total. The van der Waals surface area contributed by atoms with E-state index >= 15 is 0 Å². The summed E-state index contributed by atoms with van der Waals surface area (Å²) in [6, 6.07) is 9.88. The number of fused-ring (bicyclic) bond motifs is 3. The Hall–Kier alpha value is -0.780. The van der Waals surface area contributed by atoms with Crippen molar-refractivity contribution in [2.45, 2.75) is 122 Å². The summed E-state index contributed by atoms with van der Waals surface area (Å²) in [6.45, 7) is 4.64. The molecule has 4 fully saturated rings. The number of unbranched alkanes of at least 4 members (excludes halogenated alkanes) is 2. The van der Waals surface area contributed by atoms with Crippen LogP contribution < -0.4 is 0 Å². The molecule has 0 radical (unpaired) electrons. The van der Waals surface area contributed by atoms with Crippen LogP contribution in [0.5, 0.6) is 0 Å². The molecule has 4 saturated carbocycles. The molecule has 0 aliphatic heterocycles. The molecule has 0 nitrogen and oxygen atoms in total. The molecule has 5 rings (SSSR count). The van der Waals surface area contributed by atoms with Crippen molar-refractivity contribution in [3.8, 4) is 0 Å². The van der Waals surface area contributed by atoms with E-state index in [2.05, 4.69) is 38.1 Å². The summed E-state index contributed by atoms with van der Waals surface area (Å²) in [7, 11) is 0. The Balaban J connectivity index is 1.35. The predicted octanol–water partition coefficient (Wildman–Crippen LogP) is 8.62. The molecule has 0 heteroatoms. The monoisotopic (exact) mass is 380 g/mol. The highest BCUT2D eigenvalue weighted by molar-refractivity contribution is 5.31. The number of hydrogen-bond acceptors (Lipinski definition) is 0. The van der Waals surface area contributed by atoms with Gasteiger partial charge in [0.2, 0.25) is 0 Å². The lowest BCUT2D eigenvalue weighted by molar-refractivity contribution is -0.0294. The van der Waals surface area contributed by atoms with Crippen LogP contribution in [-0.4, -0.2) is 0 Å². The lowest BCUT2D eigenvalue weighted by Gasteiger charge is -2.58. The molecule has 156 valence electrons. The third-order valence-electron chi connectivity index (χ3n) is 9.37. The molecule has 1 aromatic rings. The number of rotatable bonds is 8. The Bertz CT molecular complexity index is 577. The Labute approximate surface area is 174 Å². The van der Waals surface area contributed by atoms with Gasteiger partial charge in [0.1, 0.15) is 0 Å². The van der Waals surface area contributed by atoms with Gasteiger partial charge in [0.05, 0.1) is 0 Å². The largest absolute Gasteiger partial charge is 0.0654 e. The molecule has 1 aromatic carbocycles. The standard InChI is InChI=1S/C28H44/c1-3-5-7-23-9-13-25(14-10-23)27-17-20-28(21-18-27,22-19-27)26-15-11-24(12-16-26)8-6-4-2/h9-10,13-14,24,26H,3-8,11-12,15-22H2,1-2H3/t24-,26-,27?,28?. The van der Waals surface area contributed by atoms with E-state index in [0.717, 1.165) is 17.3 Å². The van der Waals surface area contributed by atoms with E-state index < -0.39 is 0 Å². The van der Waals surface area contributed by atoms with E-state index in [1.165, 1.54) is 89.9 Å². The van der Waals surface area contributed by atoms with Crippen LogP contribution in [0.1, 0.15) is 121 Å². The summed E-state index contributed by atoms with van der Waals surface area (Å²) in [5.74, 6) is 2.12. The highest BCUT2D eigenvalue weighted by Crippen LogP contribution is 2.62. The minimum absolute atomic E-state index is 0.531. The summed E-state index contributed by atoms with van der Waals surface area (Å²) < 4.78 is 0. The van der Waals surface area contributed by atoms with Gasteiger partial charge in [-0.25, -0.2) is 0 Å². The van der Waals surface area contributed by atoms with Crippen LogP contribution >= 0.6 is 0 Å². The fraction of sp³-hybridized carbons (Fsp3) is 0.786. The predicted molar refractivity (Wildman–Crippen MR) is 122 cm³/mol. The van der Waals surface area contributed by atoms with Crippen molar-refractivity contribution in [2.24, 2.45) is 17.3 Å². The van der Waals surface area contributed by atoms with Gasteiger partial charge in [-0.3, -0.25) is 0 Å². The zero-order valence-corrected chi connectivity index (χ0v) is 18.8. The van der Waals surface area contributed by atoms with Gasteiger partial charge >= 0.3 is 0 Å². The molecule has 0 saturated heterocycles. The van der Waals surface area contributed by atoms with Gasteiger partial charge in [-0.1, -0.05) is 76.6 Å². The maximum Gasteiger partial charge on any atom is -0.00463 e. The Morgan fingerprint density at radius 1 is 0.750 bits per heavy atom. The number of hydrogen-bond donors (Lipinski definition) is 0. The van der Waals surface area contributed by atoms with Gasteiger partial charge in [0.25, 0.3) is 0 Å². The van der Waals surface area contributed by atoms with Crippen molar-refractivity contribution in [1.82, 2.24) is 0 Å². The lowest BCUT2D eigenvalue weighted by atomic mass is 9.47. The topological polar surface area (TPSA) is 0 Å². The second-order valence-electron chi connectivity index (χ2n) is 10.8. The summed E-state index contributed by atoms with van der Waals surface area (Å²) >= 11 is 0. The quantitative estimate of drug-likeness (QED) is 0.423. The molecular weight excluding hydrogens is 336 g/mol. The molecule has 0 unspecified atom stereocenters. The second kappa shape index (κ2) is 8.93. The maximum absolute atomic E-state index is 2.50. The highest BCUT2D eigenvalue weighted by Gasteiger charge is 2.52. The fourth-order valence-corrected chi connectivity index (χ4v) is 7.22. The minimum atomic E-state index is 0.531. The SMILES string of the molecule is CCCCc1ccc(C23CCC([C@H]4CC[C@H](CCCC)CC4)(CC2)CC3)cc1.